The highest BCUT2D eigenvalue weighted by molar-refractivity contribution is 5.87. The molecule has 1 aromatic carbocycles. The highest BCUT2D eigenvalue weighted by atomic mass is 16.5. The summed E-state index contributed by atoms with van der Waals surface area (Å²) in [5, 5.41) is 8.91. The van der Waals surface area contributed by atoms with Crippen LogP contribution in [0.15, 0.2) is 67.1 Å². The summed E-state index contributed by atoms with van der Waals surface area (Å²) >= 11 is 0. The Morgan fingerprint density at radius 1 is 0.857 bits per heavy atom. The van der Waals surface area contributed by atoms with Crippen molar-refractivity contribution in [1.29, 1.82) is 0 Å². The lowest BCUT2D eigenvalue weighted by Gasteiger charge is -2.37. The minimum Gasteiger partial charge on any atom is -0.478 e. The first-order valence-corrected chi connectivity index (χ1v) is 9.06. The van der Waals surface area contributed by atoms with Gasteiger partial charge in [-0.3, -0.25) is 4.98 Å². The molecule has 0 aliphatic carbocycles. The molecule has 1 aliphatic rings. The maximum atomic E-state index is 10.9. The molecular formula is C21H20N4O3. The molecule has 0 unspecified atom stereocenters. The van der Waals surface area contributed by atoms with Gasteiger partial charge in [0.1, 0.15) is 5.75 Å². The largest absolute Gasteiger partial charge is 0.478 e. The van der Waals surface area contributed by atoms with Crippen molar-refractivity contribution in [3.63, 3.8) is 0 Å². The zero-order valence-electron chi connectivity index (χ0n) is 15.2. The van der Waals surface area contributed by atoms with Crippen LogP contribution in [0.4, 0.5) is 11.4 Å². The molecule has 0 saturated carbocycles. The van der Waals surface area contributed by atoms with Gasteiger partial charge in [0.25, 0.3) is 0 Å². The van der Waals surface area contributed by atoms with Crippen LogP contribution >= 0.6 is 0 Å². The Morgan fingerprint density at radius 3 is 2.00 bits per heavy atom. The number of rotatable bonds is 5. The monoisotopic (exact) mass is 376 g/mol. The number of hydrogen-bond acceptors (Lipinski definition) is 6. The SMILES string of the molecule is O=C(O)c1ccc(Oc2ccc(N3CCN(c4ccncc4)CC3)cc2)nc1. The smallest absolute Gasteiger partial charge is 0.337 e. The zero-order chi connectivity index (χ0) is 19.3. The van der Waals surface area contributed by atoms with Gasteiger partial charge in [-0.25, -0.2) is 9.78 Å². The Hall–Kier alpha value is -3.61. The Kier molecular flexibility index (Phi) is 5.05. The normalized spacial score (nSPS) is 14.0. The second-order valence-electron chi connectivity index (χ2n) is 6.47. The van der Waals surface area contributed by atoms with Crippen LogP contribution in [0.1, 0.15) is 10.4 Å². The van der Waals surface area contributed by atoms with E-state index in [4.69, 9.17) is 9.84 Å². The van der Waals surface area contributed by atoms with Gasteiger partial charge in [0.15, 0.2) is 0 Å². The van der Waals surface area contributed by atoms with E-state index in [1.54, 1.807) is 6.07 Å². The fraction of sp³-hybridized carbons (Fsp3) is 0.190. The van der Waals surface area contributed by atoms with Gasteiger partial charge in [-0.05, 0) is 42.5 Å². The molecule has 1 fully saturated rings. The molecule has 1 saturated heterocycles. The molecule has 142 valence electrons. The molecule has 0 spiro atoms. The van der Waals surface area contributed by atoms with E-state index >= 15 is 0 Å². The maximum Gasteiger partial charge on any atom is 0.337 e. The summed E-state index contributed by atoms with van der Waals surface area (Å²) in [5.41, 5.74) is 2.49. The third-order valence-corrected chi connectivity index (χ3v) is 4.72. The third kappa shape index (κ3) is 4.03. The van der Waals surface area contributed by atoms with E-state index in [-0.39, 0.29) is 5.56 Å². The number of benzene rings is 1. The molecule has 7 nitrogen and oxygen atoms in total. The fourth-order valence-electron chi connectivity index (χ4n) is 3.19. The standard InChI is InChI=1S/C21H20N4O3/c26-21(27)16-1-6-20(23-15-16)28-19-4-2-17(3-5-19)24-11-13-25(14-12-24)18-7-9-22-10-8-18/h1-10,15H,11-14H2,(H,26,27). The predicted octanol–water partition coefficient (Wildman–Crippen LogP) is 3.29. The molecular weight excluding hydrogens is 356 g/mol. The van der Waals surface area contributed by atoms with Crippen LogP contribution < -0.4 is 14.5 Å². The van der Waals surface area contributed by atoms with Crippen LogP contribution in [0.2, 0.25) is 0 Å². The van der Waals surface area contributed by atoms with E-state index in [0.717, 1.165) is 31.9 Å². The number of aromatic carboxylic acids is 1. The van der Waals surface area contributed by atoms with Gasteiger partial charge in [0.05, 0.1) is 5.56 Å². The third-order valence-electron chi connectivity index (χ3n) is 4.72. The molecule has 1 N–H and O–H groups in total. The molecule has 28 heavy (non-hydrogen) atoms. The van der Waals surface area contributed by atoms with Crippen molar-refractivity contribution in [1.82, 2.24) is 9.97 Å². The van der Waals surface area contributed by atoms with Gasteiger partial charge in [-0.15, -0.1) is 0 Å². The Bertz CT molecular complexity index is 922. The molecule has 0 atom stereocenters. The van der Waals surface area contributed by atoms with Crippen molar-refractivity contribution in [2.45, 2.75) is 0 Å². The number of ether oxygens (including phenoxy) is 1. The van der Waals surface area contributed by atoms with Crippen molar-refractivity contribution in [3.05, 3.63) is 72.7 Å². The first-order chi connectivity index (χ1) is 13.7. The lowest BCUT2D eigenvalue weighted by atomic mass is 10.2. The summed E-state index contributed by atoms with van der Waals surface area (Å²) in [7, 11) is 0. The summed E-state index contributed by atoms with van der Waals surface area (Å²) in [6.07, 6.45) is 4.93. The van der Waals surface area contributed by atoms with Gasteiger partial charge in [-0.1, -0.05) is 0 Å². The van der Waals surface area contributed by atoms with Gasteiger partial charge in [-0.2, -0.15) is 0 Å². The average molecular weight is 376 g/mol. The van der Waals surface area contributed by atoms with Gasteiger partial charge in [0, 0.05) is 62.2 Å². The predicted molar refractivity (Wildman–Crippen MR) is 106 cm³/mol. The van der Waals surface area contributed by atoms with Crippen LogP contribution in [0.5, 0.6) is 11.6 Å². The quantitative estimate of drug-likeness (QED) is 0.732. The summed E-state index contributed by atoms with van der Waals surface area (Å²) in [6.45, 7) is 3.81. The summed E-state index contributed by atoms with van der Waals surface area (Å²) < 4.78 is 5.69. The number of anilines is 2. The molecule has 7 heteroatoms. The van der Waals surface area contributed by atoms with Crippen LogP contribution in [-0.2, 0) is 0 Å². The molecule has 2 aromatic heterocycles. The van der Waals surface area contributed by atoms with Crippen molar-refractivity contribution in [3.8, 4) is 11.6 Å². The number of hydrogen-bond donors (Lipinski definition) is 1. The molecule has 3 heterocycles. The van der Waals surface area contributed by atoms with E-state index in [2.05, 4.69) is 19.8 Å². The number of carboxylic acid groups (broad SMARTS) is 1. The molecule has 0 bridgehead atoms. The number of piperazine rings is 1. The second-order valence-corrected chi connectivity index (χ2v) is 6.47. The lowest BCUT2D eigenvalue weighted by molar-refractivity contribution is 0.0696. The number of carbonyl (C=O) groups is 1. The van der Waals surface area contributed by atoms with E-state index in [1.807, 2.05) is 48.8 Å². The number of pyridine rings is 2. The van der Waals surface area contributed by atoms with E-state index < -0.39 is 5.97 Å². The van der Waals surface area contributed by atoms with E-state index in [9.17, 15) is 4.79 Å². The van der Waals surface area contributed by atoms with E-state index in [1.165, 1.54) is 18.0 Å². The minimum absolute atomic E-state index is 0.133. The maximum absolute atomic E-state index is 10.9. The summed E-state index contributed by atoms with van der Waals surface area (Å²) in [4.78, 5) is 23.7. The lowest BCUT2D eigenvalue weighted by Crippen LogP contribution is -2.46. The van der Waals surface area contributed by atoms with Gasteiger partial charge in [0.2, 0.25) is 5.88 Å². The molecule has 1 aliphatic heterocycles. The van der Waals surface area contributed by atoms with Gasteiger partial charge >= 0.3 is 5.97 Å². The first-order valence-electron chi connectivity index (χ1n) is 9.06. The van der Waals surface area contributed by atoms with Crippen molar-refractivity contribution in [2.24, 2.45) is 0 Å². The molecule has 0 amide bonds. The topological polar surface area (TPSA) is 78.8 Å². The Morgan fingerprint density at radius 2 is 1.46 bits per heavy atom. The molecule has 0 radical (unpaired) electrons. The first kappa shape index (κ1) is 17.8. The van der Waals surface area contributed by atoms with Crippen molar-refractivity contribution >= 4 is 17.3 Å². The van der Waals surface area contributed by atoms with Gasteiger partial charge < -0.3 is 19.6 Å². The van der Waals surface area contributed by atoms with E-state index in [0.29, 0.717) is 11.6 Å². The average Bonchev–Trinajstić information content (AvgIpc) is 2.75. The molecule has 3 aromatic rings. The fourth-order valence-corrected chi connectivity index (χ4v) is 3.19. The highest BCUT2D eigenvalue weighted by Crippen LogP contribution is 2.25. The summed E-state index contributed by atoms with van der Waals surface area (Å²) in [6, 6.07) is 15.0. The van der Waals surface area contributed by atoms with Crippen LogP contribution in [0, 0.1) is 0 Å². The zero-order valence-corrected chi connectivity index (χ0v) is 15.2. The van der Waals surface area contributed by atoms with Crippen LogP contribution in [0.25, 0.3) is 0 Å². The number of nitrogens with zero attached hydrogens (tertiary/aromatic N) is 4. The number of aromatic nitrogens is 2. The highest BCUT2D eigenvalue weighted by Gasteiger charge is 2.17. The minimum atomic E-state index is -1.01. The Labute approximate surface area is 162 Å². The number of carboxylic acids is 1. The molecule has 4 rings (SSSR count). The summed E-state index contributed by atoms with van der Waals surface area (Å²) in [5.74, 6) is 0.0193. The van der Waals surface area contributed by atoms with Crippen molar-refractivity contribution < 1.29 is 14.6 Å². The van der Waals surface area contributed by atoms with Crippen molar-refractivity contribution in [2.75, 3.05) is 36.0 Å². The Balaban J connectivity index is 1.35. The van der Waals surface area contributed by atoms with Crippen LogP contribution in [0.3, 0.4) is 0 Å². The second kappa shape index (κ2) is 7.96. The van der Waals surface area contributed by atoms with Crippen LogP contribution in [-0.4, -0.2) is 47.2 Å².